The Morgan fingerprint density at radius 3 is 2.70 bits per heavy atom. The number of anilines is 1. The maximum atomic E-state index is 12.3. The molecule has 0 atom stereocenters. The van der Waals surface area contributed by atoms with Crippen LogP contribution in [0.5, 0.6) is 0 Å². The van der Waals surface area contributed by atoms with Crippen molar-refractivity contribution in [2.24, 2.45) is 5.73 Å². The minimum Gasteiger partial charge on any atom is -0.327 e. The zero-order valence-corrected chi connectivity index (χ0v) is 12.4. The SMILES string of the molecule is NCC=Cc1cccc(NS(=O)(=O)C2CCCCC2)c1. The van der Waals surface area contributed by atoms with E-state index in [2.05, 4.69) is 4.72 Å². The van der Waals surface area contributed by atoms with E-state index in [4.69, 9.17) is 5.73 Å². The Balaban J connectivity index is 2.10. The quantitative estimate of drug-likeness (QED) is 0.877. The van der Waals surface area contributed by atoms with Gasteiger partial charge in [-0.2, -0.15) is 0 Å². The highest BCUT2D eigenvalue weighted by Gasteiger charge is 2.27. The van der Waals surface area contributed by atoms with Gasteiger partial charge in [0.05, 0.1) is 5.25 Å². The van der Waals surface area contributed by atoms with Crippen LogP contribution < -0.4 is 10.5 Å². The highest BCUT2D eigenvalue weighted by molar-refractivity contribution is 7.93. The molecule has 0 heterocycles. The molecule has 1 aromatic carbocycles. The molecule has 5 heteroatoms. The predicted octanol–water partition coefficient (Wildman–Crippen LogP) is 2.73. The van der Waals surface area contributed by atoms with Gasteiger partial charge in [-0.25, -0.2) is 8.42 Å². The molecule has 1 saturated carbocycles. The maximum Gasteiger partial charge on any atom is 0.235 e. The molecular weight excluding hydrogens is 272 g/mol. The Labute approximate surface area is 121 Å². The lowest BCUT2D eigenvalue weighted by Crippen LogP contribution is -2.29. The van der Waals surface area contributed by atoms with E-state index >= 15 is 0 Å². The van der Waals surface area contributed by atoms with Crippen LogP contribution in [0.1, 0.15) is 37.7 Å². The fourth-order valence-electron chi connectivity index (χ4n) is 2.53. The van der Waals surface area contributed by atoms with Crippen LogP contribution in [0.2, 0.25) is 0 Å². The second-order valence-electron chi connectivity index (χ2n) is 5.17. The Kier molecular flexibility index (Phi) is 5.20. The van der Waals surface area contributed by atoms with Crippen molar-refractivity contribution in [3.8, 4) is 0 Å². The number of sulfonamides is 1. The lowest BCUT2D eigenvalue weighted by molar-refractivity contribution is 0.486. The van der Waals surface area contributed by atoms with Gasteiger partial charge in [-0.1, -0.05) is 43.5 Å². The Morgan fingerprint density at radius 1 is 1.25 bits per heavy atom. The monoisotopic (exact) mass is 294 g/mol. The van der Waals surface area contributed by atoms with E-state index in [-0.39, 0.29) is 5.25 Å². The highest BCUT2D eigenvalue weighted by atomic mass is 32.2. The van der Waals surface area contributed by atoms with Crippen LogP contribution in [0.15, 0.2) is 30.3 Å². The fraction of sp³-hybridized carbons (Fsp3) is 0.467. The summed E-state index contributed by atoms with van der Waals surface area (Å²) in [5.41, 5.74) is 6.98. The van der Waals surface area contributed by atoms with Gasteiger partial charge >= 0.3 is 0 Å². The van der Waals surface area contributed by atoms with Crippen LogP contribution in [-0.2, 0) is 10.0 Å². The molecule has 1 aliphatic rings. The van der Waals surface area contributed by atoms with Crippen molar-refractivity contribution in [2.75, 3.05) is 11.3 Å². The lowest BCUT2D eigenvalue weighted by Gasteiger charge is -2.22. The van der Waals surface area contributed by atoms with Gasteiger partial charge in [0.25, 0.3) is 0 Å². The van der Waals surface area contributed by atoms with Gasteiger partial charge in [0.15, 0.2) is 0 Å². The zero-order chi connectivity index (χ0) is 14.4. The topological polar surface area (TPSA) is 72.2 Å². The third kappa shape index (κ3) is 4.08. The second-order valence-corrected chi connectivity index (χ2v) is 7.13. The summed E-state index contributed by atoms with van der Waals surface area (Å²) in [5, 5.41) is -0.250. The normalized spacial score (nSPS) is 17.4. The predicted molar refractivity (Wildman–Crippen MR) is 83.9 cm³/mol. The van der Waals surface area contributed by atoms with E-state index in [0.29, 0.717) is 12.2 Å². The summed E-state index contributed by atoms with van der Waals surface area (Å²) in [4.78, 5) is 0. The molecule has 20 heavy (non-hydrogen) atoms. The minimum atomic E-state index is -3.27. The summed E-state index contributed by atoms with van der Waals surface area (Å²) in [6.45, 7) is 0.470. The smallest absolute Gasteiger partial charge is 0.235 e. The molecule has 0 unspecified atom stereocenters. The second kappa shape index (κ2) is 6.90. The van der Waals surface area contributed by atoms with Crippen molar-refractivity contribution in [1.29, 1.82) is 0 Å². The maximum absolute atomic E-state index is 12.3. The summed E-state index contributed by atoms with van der Waals surface area (Å²) in [5.74, 6) is 0. The van der Waals surface area contributed by atoms with Crippen molar-refractivity contribution in [3.05, 3.63) is 35.9 Å². The first-order chi connectivity index (χ1) is 9.62. The first-order valence-corrected chi connectivity index (χ1v) is 8.65. The van der Waals surface area contributed by atoms with E-state index in [0.717, 1.165) is 37.7 Å². The van der Waals surface area contributed by atoms with E-state index in [1.807, 2.05) is 30.4 Å². The number of hydrogen-bond acceptors (Lipinski definition) is 3. The van der Waals surface area contributed by atoms with Crippen LogP contribution >= 0.6 is 0 Å². The summed E-state index contributed by atoms with van der Waals surface area (Å²) in [6.07, 6.45) is 8.42. The third-order valence-electron chi connectivity index (χ3n) is 3.58. The first kappa shape index (κ1) is 15.1. The van der Waals surface area contributed by atoms with Gasteiger partial charge < -0.3 is 5.73 Å². The number of rotatable bonds is 5. The van der Waals surface area contributed by atoms with Crippen LogP contribution in [0.25, 0.3) is 6.08 Å². The number of nitrogens with one attached hydrogen (secondary N) is 1. The van der Waals surface area contributed by atoms with E-state index in [1.165, 1.54) is 0 Å². The summed E-state index contributed by atoms with van der Waals surface area (Å²) in [6, 6.07) is 7.37. The molecule has 0 aromatic heterocycles. The summed E-state index contributed by atoms with van der Waals surface area (Å²) in [7, 11) is -3.27. The average Bonchev–Trinajstić information content (AvgIpc) is 2.46. The van der Waals surface area contributed by atoms with Crippen LogP contribution in [-0.4, -0.2) is 20.2 Å². The molecule has 2 rings (SSSR count). The Bertz CT molecular complexity index is 561. The van der Waals surface area contributed by atoms with Gasteiger partial charge in [0, 0.05) is 12.2 Å². The van der Waals surface area contributed by atoms with E-state index < -0.39 is 10.0 Å². The van der Waals surface area contributed by atoms with Crippen LogP contribution in [0.3, 0.4) is 0 Å². The van der Waals surface area contributed by atoms with Crippen molar-refractivity contribution < 1.29 is 8.42 Å². The van der Waals surface area contributed by atoms with Crippen molar-refractivity contribution >= 4 is 21.8 Å². The number of hydrogen-bond donors (Lipinski definition) is 2. The largest absolute Gasteiger partial charge is 0.327 e. The number of benzene rings is 1. The first-order valence-electron chi connectivity index (χ1n) is 7.10. The molecule has 0 bridgehead atoms. The van der Waals surface area contributed by atoms with Crippen LogP contribution in [0, 0.1) is 0 Å². The zero-order valence-electron chi connectivity index (χ0n) is 11.6. The Morgan fingerprint density at radius 2 is 2.00 bits per heavy atom. The number of nitrogens with two attached hydrogens (primary N) is 1. The molecule has 0 radical (unpaired) electrons. The average molecular weight is 294 g/mol. The van der Waals surface area contributed by atoms with Crippen molar-refractivity contribution in [1.82, 2.24) is 0 Å². The van der Waals surface area contributed by atoms with Gasteiger partial charge in [-0.15, -0.1) is 0 Å². The van der Waals surface area contributed by atoms with Gasteiger partial charge in [-0.3, -0.25) is 4.72 Å². The van der Waals surface area contributed by atoms with E-state index in [9.17, 15) is 8.42 Å². The fourth-order valence-corrected chi connectivity index (χ4v) is 4.11. The van der Waals surface area contributed by atoms with Crippen LogP contribution in [0.4, 0.5) is 5.69 Å². The standard InChI is InChI=1S/C15H22N2O2S/c16-11-5-7-13-6-4-8-14(12-13)17-20(18,19)15-9-2-1-3-10-15/h4-8,12,15,17H,1-3,9-11,16H2. The molecule has 3 N–H and O–H groups in total. The minimum absolute atomic E-state index is 0.250. The summed E-state index contributed by atoms with van der Waals surface area (Å²) >= 11 is 0. The molecule has 0 aliphatic heterocycles. The molecule has 1 aromatic rings. The highest BCUT2D eigenvalue weighted by Crippen LogP contribution is 2.25. The lowest BCUT2D eigenvalue weighted by atomic mass is 10.0. The molecule has 4 nitrogen and oxygen atoms in total. The van der Waals surface area contributed by atoms with Gasteiger partial charge in [0.1, 0.15) is 0 Å². The molecule has 0 amide bonds. The Hall–Kier alpha value is -1.33. The molecule has 1 fully saturated rings. The van der Waals surface area contributed by atoms with Crippen molar-refractivity contribution in [3.63, 3.8) is 0 Å². The van der Waals surface area contributed by atoms with Crippen molar-refractivity contribution in [2.45, 2.75) is 37.4 Å². The molecule has 0 spiro atoms. The molecule has 110 valence electrons. The molecule has 0 saturated heterocycles. The molecular formula is C15H22N2O2S. The summed E-state index contributed by atoms with van der Waals surface area (Å²) < 4.78 is 27.4. The molecule has 1 aliphatic carbocycles. The van der Waals surface area contributed by atoms with Gasteiger partial charge in [-0.05, 0) is 30.5 Å². The van der Waals surface area contributed by atoms with E-state index in [1.54, 1.807) is 6.07 Å². The van der Waals surface area contributed by atoms with Gasteiger partial charge in [0.2, 0.25) is 10.0 Å². The third-order valence-corrected chi connectivity index (χ3v) is 5.45.